The van der Waals surface area contributed by atoms with E-state index >= 15 is 0 Å². The lowest BCUT2D eigenvalue weighted by Crippen LogP contribution is -1.88. The molecule has 3 nitrogen and oxygen atoms in total. The van der Waals surface area contributed by atoms with Crippen molar-refractivity contribution in [2.24, 2.45) is 0 Å². The van der Waals surface area contributed by atoms with Crippen molar-refractivity contribution in [3.8, 4) is 5.75 Å². The molecule has 0 N–H and O–H groups in total. The van der Waals surface area contributed by atoms with Crippen molar-refractivity contribution in [3.05, 3.63) is 29.1 Å². The number of halogens is 1. The molecular weight excluding hydrogens is 232 g/mol. The number of aromatic nitrogens is 2. The maximum atomic E-state index is 5.18. The predicted octanol–water partition coefficient (Wildman–Crippen LogP) is 2.40. The molecule has 1 heterocycles. The molecule has 0 radical (unpaired) electrons. The Morgan fingerprint density at radius 1 is 1.38 bits per heavy atom. The minimum Gasteiger partial charge on any atom is -0.496 e. The molecular formula is C9H7BrN2O. The van der Waals surface area contributed by atoms with Crippen molar-refractivity contribution in [3.63, 3.8) is 0 Å². The van der Waals surface area contributed by atoms with E-state index in [9.17, 15) is 0 Å². The molecule has 0 bridgehead atoms. The highest BCUT2D eigenvalue weighted by Crippen LogP contribution is 2.28. The van der Waals surface area contributed by atoms with Crippen molar-refractivity contribution in [1.82, 2.24) is 9.97 Å². The molecule has 66 valence electrons. The van der Waals surface area contributed by atoms with Crippen molar-refractivity contribution in [1.29, 1.82) is 0 Å². The van der Waals surface area contributed by atoms with E-state index in [1.807, 2.05) is 12.1 Å². The van der Waals surface area contributed by atoms with Crippen LogP contribution in [0, 0.1) is 0 Å². The Kier molecular flexibility index (Phi) is 2.14. The van der Waals surface area contributed by atoms with Gasteiger partial charge in [0.15, 0.2) is 0 Å². The van der Waals surface area contributed by atoms with Gasteiger partial charge in [-0.25, -0.2) is 9.97 Å². The molecule has 4 heteroatoms. The van der Waals surface area contributed by atoms with Gasteiger partial charge in [0.1, 0.15) is 12.1 Å². The third kappa shape index (κ3) is 1.37. The molecule has 0 aliphatic rings. The molecule has 0 saturated heterocycles. The van der Waals surface area contributed by atoms with Crippen LogP contribution >= 0.6 is 15.9 Å². The van der Waals surface area contributed by atoms with Crippen molar-refractivity contribution in [2.75, 3.05) is 7.11 Å². The van der Waals surface area contributed by atoms with Gasteiger partial charge in [0.2, 0.25) is 0 Å². The van der Waals surface area contributed by atoms with E-state index in [2.05, 4.69) is 25.9 Å². The topological polar surface area (TPSA) is 35.0 Å². The summed E-state index contributed by atoms with van der Waals surface area (Å²) >= 11 is 3.41. The maximum absolute atomic E-state index is 5.18. The third-order valence-corrected chi connectivity index (χ3v) is 2.44. The molecule has 0 atom stereocenters. The monoisotopic (exact) mass is 238 g/mol. The highest BCUT2D eigenvalue weighted by Gasteiger charge is 2.04. The normalized spacial score (nSPS) is 10.3. The summed E-state index contributed by atoms with van der Waals surface area (Å²) in [5, 5.41) is 0.916. The highest BCUT2D eigenvalue weighted by atomic mass is 79.9. The van der Waals surface area contributed by atoms with Gasteiger partial charge in [-0.05, 0) is 28.1 Å². The first-order chi connectivity index (χ1) is 6.33. The van der Waals surface area contributed by atoms with Gasteiger partial charge < -0.3 is 4.74 Å². The zero-order chi connectivity index (χ0) is 9.26. The SMILES string of the molecule is COc1ccc(Br)c2ncncc12. The van der Waals surface area contributed by atoms with Crippen molar-refractivity contribution in [2.45, 2.75) is 0 Å². The summed E-state index contributed by atoms with van der Waals surface area (Å²) in [5.74, 6) is 0.791. The Balaban J connectivity index is 2.84. The third-order valence-electron chi connectivity index (χ3n) is 1.80. The van der Waals surface area contributed by atoms with Crippen LogP contribution < -0.4 is 4.74 Å². The van der Waals surface area contributed by atoms with Gasteiger partial charge in [-0.2, -0.15) is 0 Å². The van der Waals surface area contributed by atoms with Crippen LogP contribution in [0.5, 0.6) is 5.75 Å². The number of benzene rings is 1. The average Bonchev–Trinajstić information content (AvgIpc) is 2.19. The fraction of sp³-hybridized carbons (Fsp3) is 0.111. The molecule has 0 unspecified atom stereocenters. The Hall–Kier alpha value is -1.16. The second-order valence-corrected chi connectivity index (χ2v) is 3.39. The van der Waals surface area contributed by atoms with E-state index < -0.39 is 0 Å². The summed E-state index contributed by atoms with van der Waals surface area (Å²) < 4.78 is 6.13. The lowest BCUT2D eigenvalue weighted by Gasteiger charge is -2.04. The van der Waals surface area contributed by atoms with Crippen molar-refractivity contribution < 1.29 is 4.74 Å². The number of ether oxygens (including phenoxy) is 1. The largest absolute Gasteiger partial charge is 0.496 e. The average molecular weight is 239 g/mol. The first kappa shape index (κ1) is 8.44. The molecule has 0 aliphatic heterocycles. The Labute approximate surface area is 83.9 Å². The molecule has 1 aromatic heterocycles. The van der Waals surface area contributed by atoms with Gasteiger partial charge in [0.25, 0.3) is 0 Å². The zero-order valence-corrected chi connectivity index (χ0v) is 8.58. The van der Waals surface area contributed by atoms with Gasteiger partial charge in [0, 0.05) is 10.7 Å². The van der Waals surface area contributed by atoms with Gasteiger partial charge in [0.05, 0.1) is 18.0 Å². The predicted molar refractivity (Wildman–Crippen MR) is 53.8 cm³/mol. The molecule has 1 aromatic carbocycles. The number of hydrogen-bond donors (Lipinski definition) is 0. The first-order valence-corrected chi connectivity index (χ1v) is 4.54. The smallest absolute Gasteiger partial charge is 0.129 e. The quantitative estimate of drug-likeness (QED) is 0.766. The molecule has 2 aromatic rings. The minimum atomic E-state index is 0.791. The lowest BCUT2D eigenvalue weighted by molar-refractivity contribution is 0.419. The molecule has 2 rings (SSSR count). The standard InChI is InChI=1S/C9H7BrN2O/c1-13-8-3-2-7(10)9-6(8)4-11-5-12-9/h2-5H,1H3. The van der Waals surface area contributed by atoms with E-state index in [1.54, 1.807) is 13.3 Å². The van der Waals surface area contributed by atoms with Crippen LogP contribution in [-0.2, 0) is 0 Å². The molecule has 0 aliphatic carbocycles. The molecule has 13 heavy (non-hydrogen) atoms. The summed E-state index contributed by atoms with van der Waals surface area (Å²) in [6.07, 6.45) is 3.26. The number of nitrogens with zero attached hydrogens (tertiary/aromatic N) is 2. The molecule has 0 saturated carbocycles. The zero-order valence-electron chi connectivity index (χ0n) is 6.99. The molecule has 0 amide bonds. The van der Waals surface area contributed by atoms with E-state index in [0.717, 1.165) is 21.1 Å². The number of fused-ring (bicyclic) bond motifs is 1. The fourth-order valence-corrected chi connectivity index (χ4v) is 1.64. The van der Waals surface area contributed by atoms with Crippen LogP contribution in [0.2, 0.25) is 0 Å². The number of hydrogen-bond acceptors (Lipinski definition) is 3. The highest BCUT2D eigenvalue weighted by molar-refractivity contribution is 9.10. The van der Waals surface area contributed by atoms with E-state index in [4.69, 9.17) is 4.74 Å². The summed E-state index contributed by atoms with van der Waals surface area (Å²) in [7, 11) is 1.63. The van der Waals surface area contributed by atoms with Crippen LogP contribution in [0.3, 0.4) is 0 Å². The van der Waals surface area contributed by atoms with Crippen LogP contribution in [-0.4, -0.2) is 17.1 Å². The van der Waals surface area contributed by atoms with Crippen LogP contribution in [0.15, 0.2) is 29.1 Å². The van der Waals surface area contributed by atoms with Crippen LogP contribution in [0.4, 0.5) is 0 Å². The van der Waals surface area contributed by atoms with Gasteiger partial charge in [-0.15, -0.1) is 0 Å². The van der Waals surface area contributed by atoms with Crippen molar-refractivity contribution >= 4 is 26.8 Å². The van der Waals surface area contributed by atoms with E-state index in [1.165, 1.54) is 6.33 Å². The van der Waals surface area contributed by atoms with Gasteiger partial charge in [-0.3, -0.25) is 0 Å². The van der Waals surface area contributed by atoms with E-state index in [0.29, 0.717) is 0 Å². The Bertz CT molecular complexity index is 445. The number of rotatable bonds is 1. The maximum Gasteiger partial charge on any atom is 0.129 e. The lowest BCUT2D eigenvalue weighted by atomic mass is 10.2. The minimum absolute atomic E-state index is 0.791. The Morgan fingerprint density at radius 2 is 2.23 bits per heavy atom. The summed E-state index contributed by atoms with van der Waals surface area (Å²) in [6.45, 7) is 0. The molecule has 0 spiro atoms. The van der Waals surface area contributed by atoms with Gasteiger partial charge in [-0.1, -0.05) is 0 Å². The van der Waals surface area contributed by atoms with Crippen LogP contribution in [0.25, 0.3) is 10.9 Å². The molecule has 0 fully saturated rings. The second-order valence-electron chi connectivity index (χ2n) is 2.53. The van der Waals surface area contributed by atoms with Gasteiger partial charge >= 0.3 is 0 Å². The number of methoxy groups -OCH3 is 1. The second kappa shape index (κ2) is 3.30. The summed E-state index contributed by atoms with van der Waals surface area (Å²) in [6, 6.07) is 3.80. The van der Waals surface area contributed by atoms with Crippen LogP contribution in [0.1, 0.15) is 0 Å². The fourth-order valence-electron chi connectivity index (χ4n) is 1.20. The summed E-state index contributed by atoms with van der Waals surface area (Å²) in [4.78, 5) is 8.10. The summed E-state index contributed by atoms with van der Waals surface area (Å²) in [5.41, 5.74) is 0.870. The Morgan fingerprint density at radius 3 is 3.00 bits per heavy atom. The first-order valence-electron chi connectivity index (χ1n) is 3.75. The van der Waals surface area contributed by atoms with E-state index in [-0.39, 0.29) is 0 Å².